The molecule has 0 amide bonds. The van der Waals surface area contributed by atoms with E-state index in [-0.39, 0.29) is 22.3 Å². The molecule has 2 atom stereocenters. The molecule has 2 fully saturated rings. The molecule has 2 aliphatic heterocycles. The van der Waals surface area contributed by atoms with Crippen LogP contribution in [0.25, 0.3) is 38.7 Å². The Balaban J connectivity index is 1.20. The van der Waals surface area contributed by atoms with Crippen molar-refractivity contribution in [2.75, 3.05) is 38.3 Å². The molecule has 1 saturated heterocycles. The molecule has 0 radical (unpaired) electrons. The number of rotatable bonds is 8. The van der Waals surface area contributed by atoms with Gasteiger partial charge in [-0.2, -0.15) is 0 Å². The summed E-state index contributed by atoms with van der Waals surface area (Å²) in [6.45, 7) is 19.4. The predicted molar refractivity (Wildman–Crippen MR) is 273 cm³/mol. The van der Waals surface area contributed by atoms with E-state index in [2.05, 4.69) is 187 Å². The quantitative estimate of drug-likeness (QED) is 0.151. The summed E-state index contributed by atoms with van der Waals surface area (Å²) in [5.41, 5.74) is 10.3. The van der Waals surface area contributed by atoms with E-state index in [1.54, 1.807) is 7.11 Å². The minimum atomic E-state index is -0.944. The van der Waals surface area contributed by atoms with Crippen molar-refractivity contribution in [2.24, 2.45) is 10.8 Å². The number of ether oxygens (including phenoxy) is 4. The average Bonchev–Trinajstić information content (AvgIpc) is 3.57. The van der Waals surface area contributed by atoms with Crippen LogP contribution in [-0.4, -0.2) is 39.5 Å². The Bertz CT molecular complexity index is 3040. The molecule has 0 N–H and O–H groups in total. The molecule has 1 saturated carbocycles. The molecule has 4 aliphatic rings. The van der Waals surface area contributed by atoms with Crippen LogP contribution in [-0.2, 0) is 15.8 Å². The molecule has 0 aromatic heterocycles. The smallest absolute Gasteiger partial charge is 0.178 e. The first-order valence-corrected chi connectivity index (χ1v) is 24.7. The fraction of sp³-hybridized carbons (Fsp3) is 0.333. The first-order chi connectivity index (χ1) is 31.8. The molecule has 7 aromatic rings. The Morgan fingerprint density at radius 1 is 0.773 bits per heavy atom. The molecule has 2 unspecified atom stereocenters. The number of nitrogens with zero attached hydrogens (tertiary/aromatic N) is 1. The van der Waals surface area contributed by atoms with Crippen LogP contribution in [0.4, 0.5) is 5.69 Å². The zero-order chi connectivity index (χ0) is 45.6. The normalized spacial score (nSPS) is 21.0. The van der Waals surface area contributed by atoms with E-state index in [1.807, 2.05) is 11.8 Å². The predicted octanol–water partition coefficient (Wildman–Crippen LogP) is 14.9. The van der Waals surface area contributed by atoms with Crippen LogP contribution in [0.15, 0.2) is 137 Å². The number of benzene rings is 7. The first kappa shape index (κ1) is 42.9. The van der Waals surface area contributed by atoms with E-state index in [9.17, 15) is 0 Å². The lowest BCUT2D eigenvalue weighted by molar-refractivity contribution is 0.0532. The monoisotopic (exact) mass is 891 g/mol. The average molecular weight is 892 g/mol. The number of aryl methyl sites for hydroxylation is 1. The summed E-state index contributed by atoms with van der Waals surface area (Å²) < 4.78 is 26.3. The molecule has 6 heteroatoms. The van der Waals surface area contributed by atoms with E-state index >= 15 is 0 Å². The van der Waals surface area contributed by atoms with Gasteiger partial charge in [0, 0.05) is 51.2 Å². The summed E-state index contributed by atoms with van der Waals surface area (Å²) in [5, 5.41) is 4.76. The minimum absolute atomic E-state index is 0.107. The largest absolute Gasteiger partial charge is 0.497 e. The maximum Gasteiger partial charge on any atom is 0.178 e. The number of methoxy groups -OCH3 is 1. The third-order valence-corrected chi connectivity index (χ3v) is 16.1. The van der Waals surface area contributed by atoms with E-state index in [4.69, 9.17) is 18.9 Å². The summed E-state index contributed by atoms with van der Waals surface area (Å²) in [4.78, 5) is 4.79. The van der Waals surface area contributed by atoms with Crippen molar-refractivity contribution in [2.45, 2.75) is 94.6 Å². The molecular weight excluding hydrogens is 831 g/mol. The van der Waals surface area contributed by atoms with Crippen molar-refractivity contribution < 1.29 is 18.9 Å². The highest BCUT2D eigenvalue weighted by atomic mass is 32.2. The molecule has 2 heterocycles. The second-order valence-electron chi connectivity index (χ2n) is 20.9. The zero-order valence-electron chi connectivity index (χ0n) is 39.7. The highest BCUT2D eigenvalue weighted by molar-refractivity contribution is 7.99. The van der Waals surface area contributed by atoms with Crippen LogP contribution < -0.4 is 19.1 Å². The van der Waals surface area contributed by atoms with Crippen LogP contribution in [0.3, 0.4) is 0 Å². The summed E-state index contributed by atoms with van der Waals surface area (Å²) in [7, 11) is 1.72. The number of morpholine rings is 1. The van der Waals surface area contributed by atoms with Gasteiger partial charge in [0.05, 0.1) is 31.3 Å². The standard InChI is InChI=1S/C60H61NO4S/c1-9-63-51-32-49-48(33-52(51)66-56-38(2)18-19-40-14-10-11-15-45(40)56)53-46-16-12-13-17-50(46)59(36-57(4,5)35-58(6,7)37-59)54(53)47-28-29-60(65-55(47)49,42-22-26-44(62-8)27-23-42)41-20-24-43(25-21-41)61-30-31-64-39(3)34-61/h10-29,32-33,39H,9,30-31,34-37H2,1-8H3. The van der Waals surface area contributed by atoms with Crippen molar-refractivity contribution in [1.82, 2.24) is 0 Å². The Morgan fingerprint density at radius 2 is 1.48 bits per heavy atom. The van der Waals surface area contributed by atoms with Gasteiger partial charge in [0.1, 0.15) is 17.2 Å². The van der Waals surface area contributed by atoms with Crippen LogP contribution >= 0.6 is 11.8 Å². The number of hydrogen-bond donors (Lipinski definition) is 0. The van der Waals surface area contributed by atoms with Gasteiger partial charge < -0.3 is 23.8 Å². The first-order valence-electron chi connectivity index (χ1n) is 23.9. The van der Waals surface area contributed by atoms with E-state index in [1.165, 1.54) is 66.5 Å². The zero-order valence-corrected chi connectivity index (χ0v) is 40.5. The van der Waals surface area contributed by atoms with Crippen molar-refractivity contribution >= 4 is 45.1 Å². The highest BCUT2D eigenvalue weighted by Crippen LogP contribution is 2.67. The van der Waals surface area contributed by atoms with E-state index < -0.39 is 5.60 Å². The molecule has 0 bridgehead atoms. The molecule has 336 valence electrons. The molecule has 2 aliphatic carbocycles. The Kier molecular flexibility index (Phi) is 10.4. The van der Waals surface area contributed by atoms with E-state index in [0.717, 1.165) is 71.2 Å². The maximum absolute atomic E-state index is 7.99. The lowest BCUT2D eigenvalue weighted by Crippen LogP contribution is -2.44. The van der Waals surface area contributed by atoms with Crippen molar-refractivity contribution in [3.63, 3.8) is 0 Å². The van der Waals surface area contributed by atoms with Crippen molar-refractivity contribution in [1.29, 1.82) is 0 Å². The number of fused-ring (bicyclic) bond motifs is 11. The van der Waals surface area contributed by atoms with Crippen LogP contribution in [0.2, 0.25) is 0 Å². The van der Waals surface area contributed by atoms with Gasteiger partial charge in [-0.05, 0) is 137 Å². The Morgan fingerprint density at radius 3 is 2.21 bits per heavy atom. The van der Waals surface area contributed by atoms with E-state index in [0.29, 0.717) is 6.61 Å². The molecular formula is C60H61NO4S. The lowest BCUT2D eigenvalue weighted by Gasteiger charge is -2.52. The van der Waals surface area contributed by atoms with Crippen LogP contribution in [0, 0.1) is 17.8 Å². The number of hydrogen-bond acceptors (Lipinski definition) is 6. The fourth-order valence-corrected chi connectivity index (χ4v) is 14.0. The summed E-state index contributed by atoms with van der Waals surface area (Å²) in [6, 6.07) is 44.7. The van der Waals surface area contributed by atoms with Crippen LogP contribution in [0.1, 0.15) is 94.2 Å². The van der Waals surface area contributed by atoms with Gasteiger partial charge in [-0.3, -0.25) is 0 Å². The highest BCUT2D eigenvalue weighted by Gasteiger charge is 2.55. The molecule has 66 heavy (non-hydrogen) atoms. The van der Waals surface area contributed by atoms with Crippen LogP contribution in [0.5, 0.6) is 17.2 Å². The van der Waals surface area contributed by atoms with Gasteiger partial charge in [-0.25, -0.2) is 0 Å². The third-order valence-electron chi connectivity index (χ3n) is 14.8. The van der Waals surface area contributed by atoms with Gasteiger partial charge in [-0.15, -0.1) is 0 Å². The molecule has 1 spiro atoms. The molecule has 7 aromatic carbocycles. The van der Waals surface area contributed by atoms with Gasteiger partial charge in [0.25, 0.3) is 0 Å². The molecule has 11 rings (SSSR count). The van der Waals surface area contributed by atoms with Crippen molar-refractivity contribution in [3.8, 4) is 28.4 Å². The lowest BCUT2D eigenvalue weighted by atomic mass is 9.52. The summed E-state index contributed by atoms with van der Waals surface area (Å²) in [5.74, 6) is 2.58. The van der Waals surface area contributed by atoms with Gasteiger partial charge in [0.2, 0.25) is 0 Å². The van der Waals surface area contributed by atoms with Crippen molar-refractivity contribution in [3.05, 3.63) is 161 Å². The Labute approximate surface area is 395 Å². The topological polar surface area (TPSA) is 40.2 Å². The number of anilines is 1. The van der Waals surface area contributed by atoms with Gasteiger partial charge in [0.15, 0.2) is 5.60 Å². The second kappa shape index (κ2) is 16.0. The summed E-state index contributed by atoms with van der Waals surface area (Å²) >= 11 is 1.82. The fourth-order valence-electron chi connectivity index (χ4n) is 12.9. The second-order valence-corrected chi connectivity index (χ2v) is 21.9. The third kappa shape index (κ3) is 7.01. The minimum Gasteiger partial charge on any atom is -0.497 e. The Hall–Kier alpha value is -5.69. The maximum atomic E-state index is 7.99. The summed E-state index contributed by atoms with van der Waals surface area (Å²) in [6.07, 6.45) is 8.22. The van der Waals surface area contributed by atoms with Gasteiger partial charge in [-0.1, -0.05) is 130 Å². The molecule has 5 nitrogen and oxygen atoms in total. The van der Waals surface area contributed by atoms with Gasteiger partial charge >= 0.3 is 0 Å². The SMILES string of the molecule is CCOc1cc2c3c(c4c(c2cc1Sc1c(C)ccc2ccccc12)-c1ccccc1C41CC(C)(C)CC(C)(C)C1)C=CC(c1ccc(OC)cc1)(c1ccc(N2CCOC(C)C2)cc1)O3.